The van der Waals surface area contributed by atoms with Crippen molar-refractivity contribution in [3.05, 3.63) is 35.9 Å². The average molecular weight is 160 g/mol. The van der Waals surface area contributed by atoms with E-state index in [1.807, 2.05) is 18.2 Å². The van der Waals surface area contributed by atoms with Crippen molar-refractivity contribution in [3.63, 3.8) is 0 Å². The van der Waals surface area contributed by atoms with E-state index in [9.17, 15) is 4.79 Å². The molecule has 46 valence electrons. The van der Waals surface area contributed by atoms with Crippen LogP contribution in [0, 0.1) is 0 Å². The number of carbonyl (C=O) groups is 1. The zero-order valence-corrected chi connectivity index (χ0v) is 5.85. The summed E-state index contributed by atoms with van der Waals surface area (Å²) >= 11 is 2.84. The summed E-state index contributed by atoms with van der Waals surface area (Å²) < 4.78 is -0.0666. The maximum absolute atomic E-state index is 10.6. The van der Waals surface area contributed by atoms with Crippen molar-refractivity contribution in [1.29, 1.82) is 0 Å². The van der Waals surface area contributed by atoms with Crippen LogP contribution in [-0.4, -0.2) is 4.68 Å². The summed E-state index contributed by atoms with van der Waals surface area (Å²) in [7, 11) is 0. The molecule has 1 aromatic carbocycles. The van der Waals surface area contributed by atoms with Gasteiger partial charge in [0, 0.05) is 0 Å². The molecule has 0 N–H and O–H groups in total. The van der Waals surface area contributed by atoms with Crippen molar-refractivity contribution in [2.75, 3.05) is 0 Å². The fraction of sp³-hybridized carbons (Fsp3) is 0. The Balaban J connectivity index is 2.98. The Hall–Kier alpha value is -0.591. The molecule has 1 aromatic rings. The molecule has 0 radical (unpaired) electrons. The molecule has 0 heterocycles. The molecule has 2 heteroatoms. The molecule has 0 aromatic heterocycles. The Morgan fingerprint density at radius 2 is 1.78 bits per heavy atom. The molecule has 0 aliphatic carbocycles. The van der Waals surface area contributed by atoms with Crippen LogP contribution in [0.4, 0.5) is 0 Å². The van der Waals surface area contributed by atoms with Gasteiger partial charge in [-0.3, -0.25) is 0 Å². The van der Waals surface area contributed by atoms with Gasteiger partial charge in [0.15, 0.2) is 0 Å². The number of rotatable bonds is 1. The third-order valence-electron chi connectivity index (χ3n) is 1.00. The van der Waals surface area contributed by atoms with E-state index in [4.69, 9.17) is 0 Å². The quantitative estimate of drug-likeness (QED) is 0.567. The van der Waals surface area contributed by atoms with Gasteiger partial charge in [-0.15, -0.1) is 0 Å². The number of carbonyl (C=O) groups excluding carboxylic acids is 1. The fourth-order valence-corrected chi connectivity index (χ4v) is 0.766. The monoisotopic (exact) mass is 160 g/mol. The Bertz CT molecular complexity index is 205. The van der Waals surface area contributed by atoms with E-state index in [1.165, 1.54) is 0 Å². The molecule has 0 aliphatic heterocycles. The number of hydrogen-bond donors (Lipinski definition) is 0. The van der Waals surface area contributed by atoms with Crippen LogP contribution in [0.3, 0.4) is 0 Å². The molecule has 0 spiro atoms. The molecule has 0 fully saturated rings. The van der Waals surface area contributed by atoms with Gasteiger partial charge in [0.2, 0.25) is 0 Å². The Kier molecular flexibility index (Phi) is 2.04. The number of hydrogen-bond acceptors (Lipinski definition) is 1. The molecule has 9 heavy (non-hydrogen) atoms. The predicted molar refractivity (Wildman–Crippen MR) is 30.8 cm³/mol. The van der Waals surface area contributed by atoms with Gasteiger partial charge in [0.25, 0.3) is 0 Å². The van der Waals surface area contributed by atoms with E-state index in [1.54, 1.807) is 12.1 Å². The molecular weight excluding hydrogens is 155 g/mol. The van der Waals surface area contributed by atoms with Gasteiger partial charge >= 0.3 is 61.4 Å². The summed E-state index contributed by atoms with van der Waals surface area (Å²) in [6.07, 6.45) is 0. The molecule has 1 rings (SSSR count). The second-order valence-electron chi connectivity index (χ2n) is 1.64. The van der Waals surface area contributed by atoms with Gasteiger partial charge in [-0.2, -0.15) is 0 Å². The molecule has 0 saturated heterocycles. The topological polar surface area (TPSA) is 17.1 Å². The molecule has 0 atom stereocenters. The SMILES string of the molecule is O=[C]([Mn])c1ccccc1. The van der Waals surface area contributed by atoms with Crippen LogP contribution in [-0.2, 0) is 16.0 Å². The van der Waals surface area contributed by atoms with Crippen molar-refractivity contribution in [2.24, 2.45) is 0 Å². The zero-order valence-electron chi connectivity index (χ0n) is 4.67. The molecule has 0 unspecified atom stereocenters. The first-order valence-corrected chi connectivity index (χ1v) is 3.14. The predicted octanol–water partition coefficient (Wildman–Crippen LogP) is 1.37. The average Bonchev–Trinajstić information content (AvgIpc) is 1.90. The summed E-state index contributed by atoms with van der Waals surface area (Å²) in [5.74, 6) is 0. The molecule has 0 saturated carbocycles. The summed E-state index contributed by atoms with van der Waals surface area (Å²) in [5, 5.41) is 0. The van der Waals surface area contributed by atoms with Crippen molar-refractivity contribution < 1.29 is 20.8 Å². The Morgan fingerprint density at radius 1 is 1.22 bits per heavy atom. The third-order valence-corrected chi connectivity index (χ3v) is 1.34. The van der Waals surface area contributed by atoms with Crippen LogP contribution < -0.4 is 0 Å². The minimum atomic E-state index is -0.0666. The first-order chi connectivity index (χ1) is 4.30. The second kappa shape index (κ2) is 2.81. The Morgan fingerprint density at radius 3 is 2.11 bits per heavy atom. The number of benzene rings is 1. The van der Waals surface area contributed by atoms with E-state index in [0.29, 0.717) is 5.56 Å². The van der Waals surface area contributed by atoms with Gasteiger partial charge in [0.05, 0.1) is 0 Å². The van der Waals surface area contributed by atoms with E-state index in [2.05, 4.69) is 16.0 Å². The Labute approximate surface area is 61.9 Å². The van der Waals surface area contributed by atoms with Crippen LogP contribution in [0.5, 0.6) is 0 Å². The fourth-order valence-electron chi connectivity index (χ4n) is 0.569. The van der Waals surface area contributed by atoms with Crippen LogP contribution in [0.1, 0.15) is 10.4 Å². The van der Waals surface area contributed by atoms with Crippen LogP contribution in [0.25, 0.3) is 0 Å². The van der Waals surface area contributed by atoms with Crippen LogP contribution in [0.15, 0.2) is 30.3 Å². The van der Waals surface area contributed by atoms with Crippen molar-refractivity contribution in [3.8, 4) is 0 Å². The standard InChI is InChI=1S/C7H5O.Mn/c8-6-7-4-2-1-3-5-7;/h1-5H;. The van der Waals surface area contributed by atoms with Gasteiger partial charge in [0.1, 0.15) is 0 Å². The van der Waals surface area contributed by atoms with Crippen molar-refractivity contribution in [2.45, 2.75) is 0 Å². The normalized spacial score (nSPS) is 9.00. The third kappa shape index (κ3) is 1.67. The van der Waals surface area contributed by atoms with E-state index < -0.39 is 0 Å². The summed E-state index contributed by atoms with van der Waals surface area (Å²) in [5.41, 5.74) is 0.692. The van der Waals surface area contributed by atoms with Gasteiger partial charge in [-0.05, 0) is 0 Å². The minimum absolute atomic E-state index is 0.0666. The van der Waals surface area contributed by atoms with Crippen LogP contribution >= 0.6 is 0 Å². The first kappa shape index (κ1) is 6.53. The second-order valence-corrected chi connectivity index (χ2v) is 2.18. The molecule has 0 amide bonds. The maximum atomic E-state index is 10.6. The van der Waals surface area contributed by atoms with E-state index >= 15 is 0 Å². The summed E-state index contributed by atoms with van der Waals surface area (Å²) in [4.78, 5) is 10.6. The zero-order chi connectivity index (χ0) is 6.69. The molecule has 1 nitrogen and oxygen atoms in total. The molecule has 0 bridgehead atoms. The van der Waals surface area contributed by atoms with E-state index in [-0.39, 0.29) is 4.68 Å². The van der Waals surface area contributed by atoms with Crippen LogP contribution in [0.2, 0.25) is 0 Å². The molecular formula is C7H5MnO. The molecule has 0 aliphatic rings. The van der Waals surface area contributed by atoms with E-state index in [0.717, 1.165) is 0 Å². The summed E-state index contributed by atoms with van der Waals surface area (Å²) in [6, 6.07) is 9.05. The first-order valence-electron chi connectivity index (χ1n) is 2.55. The summed E-state index contributed by atoms with van der Waals surface area (Å²) in [6.45, 7) is 0. The van der Waals surface area contributed by atoms with Gasteiger partial charge in [-0.25, -0.2) is 0 Å². The van der Waals surface area contributed by atoms with Gasteiger partial charge in [-0.1, -0.05) is 0 Å². The van der Waals surface area contributed by atoms with Crippen molar-refractivity contribution in [1.82, 2.24) is 0 Å². The van der Waals surface area contributed by atoms with Gasteiger partial charge < -0.3 is 0 Å². The van der Waals surface area contributed by atoms with Crippen molar-refractivity contribution >= 4 is 4.68 Å².